The number of nitrogens with zero attached hydrogens (tertiary/aromatic N) is 1. The Bertz CT molecular complexity index is 671. The standard InChI is InChI=1S/C14H17ClFNO3S/c1-9-6-11(7-12(13(9)16)21(15,19)20)14(18)17(2)8-10-4-3-5-10/h6-7,10H,3-5,8H2,1-2H3. The highest BCUT2D eigenvalue weighted by Crippen LogP contribution is 2.28. The van der Waals surface area contributed by atoms with Gasteiger partial charge in [-0.3, -0.25) is 4.79 Å². The SMILES string of the molecule is Cc1cc(C(=O)N(C)CC2CCC2)cc(S(=O)(=O)Cl)c1F. The first-order chi connectivity index (χ1) is 9.70. The van der Waals surface area contributed by atoms with Crippen LogP contribution in [0.1, 0.15) is 35.2 Å². The number of carbonyl (C=O) groups excluding carboxylic acids is 1. The summed E-state index contributed by atoms with van der Waals surface area (Å²) in [5.74, 6) is -0.744. The van der Waals surface area contributed by atoms with Gasteiger partial charge < -0.3 is 4.90 Å². The van der Waals surface area contributed by atoms with E-state index in [1.54, 1.807) is 11.9 Å². The smallest absolute Gasteiger partial charge is 0.264 e. The molecule has 0 spiro atoms. The number of amides is 1. The zero-order chi connectivity index (χ0) is 15.8. The topological polar surface area (TPSA) is 54.5 Å². The molecule has 1 amide bonds. The summed E-state index contributed by atoms with van der Waals surface area (Å²) >= 11 is 0. The van der Waals surface area contributed by atoms with Gasteiger partial charge in [0, 0.05) is 29.8 Å². The van der Waals surface area contributed by atoms with E-state index in [1.165, 1.54) is 19.4 Å². The van der Waals surface area contributed by atoms with Crippen LogP contribution in [0.5, 0.6) is 0 Å². The van der Waals surface area contributed by atoms with Crippen LogP contribution in [0.4, 0.5) is 4.39 Å². The number of aryl methyl sites for hydroxylation is 1. The maximum absolute atomic E-state index is 13.8. The minimum Gasteiger partial charge on any atom is -0.341 e. The Kier molecular flexibility index (Phi) is 4.58. The first-order valence-corrected chi connectivity index (χ1v) is 9.01. The van der Waals surface area contributed by atoms with Crippen LogP contribution in [0.25, 0.3) is 0 Å². The Morgan fingerprint density at radius 1 is 1.43 bits per heavy atom. The van der Waals surface area contributed by atoms with Crippen molar-refractivity contribution in [3.63, 3.8) is 0 Å². The van der Waals surface area contributed by atoms with Crippen LogP contribution in [0.2, 0.25) is 0 Å². The minimum absolute atomic E-state index is 0.0807. The third-order valence-electron chi connectivity index (χ3n) is 3.83. The van der Waals surface area contributed by atoms with Crippen molar-refractivity contribution in [2.45, 2.75) is 31.1 Å². The van der Waals surface area contributed by atoms with E-state index in [4.69, 9.17) is 10.7 Å². The zero-order valence-corrected chi connectivity index (χ0v) is 13.5. The third-order valence-corrected chi connectivity index (χ3v) is 5.16. The van der Waals surface area contributed by atoms with E-state index in [2.05, 4.69) is 0 Å². The number of hydrogen-bond acceptors (Lipinski definition) is 3. The maximum atomic E-state index is 13.8. The Morgan fingerprint density at radius 2 is 2.05 bits per heavy atom. The quantitative estimate of drug-likeness (QED) is 0.796. The van der Waals surface area contributed by atoms with Gasteiger partial charge in [-0.05, 0) is 43.4 Å². The van der Waals surface area contributed by atoms with E-state index in [0.29, 0.717) is 12.5 Å². The molecule has 0 heterocycles. The van der Waals surface area contributed by atoms with Crippen LogP contribution in [0, 0.1) is 18.7 Å². The van der Waals surface area contributed by atoms with Gasteiger partial charge in [-0.1, -0.05) is 6.42 Å². The van der Waals surface area contributed by atoms with Crippen molar-refractivity contribution in [3.8, 4) is 0 Å². The van der Waals surface area contributed by atoms with Gasteiger partial charge in [0.1, 0.15) is 10.7 Å². The summed E-state index contributed by atoms with van der Waals surface area (Å²) in [6.45, 7) is 2.03. The second kappa shape index (κ2) is 5.93. The Morgan fingerprint density at radius 3 is 2.52 bits per heavy atom. The molecule has 2 rings (SSSR count). The molecule has 4 nitrogen and oxygen atoms in total. The van der Waals surface area contributed by atoms with Crippen molar-refractivity contribution in [2.24, 2.45) is 5.92 Å². The first kappa shape index (κ1) is 16.2. The fraction of sp³-hybridized carbons (Fsp3) is 0.500. The number of carbonyl (C=O) groups is 1. The molecular weight excluding hydrogens is 317 g/mol. The van der Waals surface area contributed by atoms with Crippen molar-refractivity contribution in [1.82, 2.24) is 4.90 Å². The molecule has 0 radical (unpaired) electrons. The summed E-state index contributed by atoms with van der Waals surface area (Å²) < 4.78 is 36.6. The summed E-state index contributed by atoms with van der Waals surface area (Å²) in [4.78, 5) is 13.2. The molecule has 0 unspecified atom stereocenters. The van der Waals surface area contributed by atoms with Crippen molar-refractivity contribution >= 4 is 25.6 Å². The fourth-order valence-corrected chi connectivity index (χ4v) is 3.38. The van der Waals surface area contributed by atoms with Gasteiger partial charge in [0.15, 0.2) is 0 Å². The van der Waals surface area contributed by atoms with Gasteiger partial charge in [-0.25, -0.2) is 12.8 Å². The van der Waals surface area contributed by atoms with Crippen molar-refractivity contribution in [1.29, 1.82) is 0 Å². The molecule has 1 saturated carbocycles. The average molecular weight is 334 g/mol. The Hall–Kier alpha value is -1.14. The fourth-order valence-electron chi connectivity index (χ4n) is 2.40. The van der Waals surface area contributed by atoms with E-state index >= 15 is 0 Å². The lowest BCUT2D eigenvalue weighted by atomic mass is 9.85. The minimum atomic E-state index is -4.23. The molecule has 0 bridgehead atoms. The molecule has 1 aliphatic carbocycles. The van der Waals surface area contributed by atoms with Crippen LogP contribution < -0.4 is 0 Å². The van der Waals surface area contributed by atoms with Crippen LogP contribution in [-0.2, 0) is 9.05 Å². The Labute approximate surface area is 128 Å². The van der Waals surface area contributed by atoms with Gasteiger partial charge in [0.2, 0.25) is 0 Å². The highest BCUT2D eigenvalue weighted by atomic mass is 35.7. The molecule has 0 saturated heterocycles. The maximum Gasteiger partial charge on any atom is 0.264 e. The van der Waals surface area contributed by atoms with Crippen LogP contribution in [-0.4, -0.2) is 32.8 Å². The molecular formula is C14H17ClFNO3S. The normalized spacial score (nSPS) is 15.6. The third kappa shape index (κ3) is 3.55. The number of hydrogen-bond donors (Lipinski definition) is 0. The van der Waals surface area contributed by atoms with Gasteiger partial charge in [-0.15, -0.1) is 0 Å². The van der Waals surface area contributed by atoms with E-state index in [0.717, 1.165) is 18.9 Å². The van der Waals surface area contributed by atoms with Crippen LogP contribution in [0.15, 0.2) is 17.0 Å². The second-order valence-corrected chi connectivity index (χ2v) is 8.06. The second-order valence-electron chi connectivity index (χ2n) is 5.53. The highest BCUT2D eigenvalue weighted by Gasteiger charge is 2.25. The highest BCUT2D eigenvalue weighted by molar-refractivity contribution is 8.13. The summed E-state index contributed by atoms with van der Waals surface area (Å²) in [5, 5.41) is 0. The summed E-state index contributed by atoms with van der Waals surface area (Å²) in [5.41, 5.74) is 0.215. The monoisotopic (exact) mass is 333 g/mol. The zero-order valence-electron chi connectivity index (χ0n) is 11.9. The summed E-state index contributed by atoms with van der Waals surface area (Å²) in [6, 6.07) is 2.35. The number of rotatable bonds is 4. The predicted molar refractivity (Wildman–Crippen MR) is 78.5 cm³/mol. The molecule has 116 valence electrons. The summed E-state index contributed by atoms with van der Waals surface area (Å²) in [7, 11) is 2.65. The molecule has 1 aromatic carbocycles. The largest absolute Gasteiger partial charge is 0.341 e. The van der Waals surface area contributed by atoms with Crippen molar-refractivity contribution in [3.05, 3.63) is 29.1 Å². The van der Waals surface area contributed by atoms with Gasteiger partial charge in [-0.2, -0.15) is 0 Å². The van der Waals surface area contributed by atoms with Crippen molar-refractivity contribution in [2.75, 3.05) is 13.6 Å². The van der Waals surface area contributed by atoms with Gasteiger partial charge in [0.05, 0.1) is 0 Å². The molecule has 0 aromatic heterocycles. The molecule has 0 aliphatic heterocycles. The van der Waals surface area contributed by atoms with E-state index in [9.17, 15) is 17.6 Å². The first-order valence-electron chi connectivity index (χ1n) is 6.70. The number of halogens is 2. The Balaban J connectivity index is 2.30. The molecule has 0 atom stereocenters. The van der Waals surface area contributed by atoms with Gasteiger partial charge >= 0.3 is 0 Å². The van der Waals surface area contributed by atoms with Crippen LogP contribution in [0.3, 0.4) is 0 Å². The lowest BCUT2D eigenvalue weighted by Crippen LogP contribution is -2.34. The van der Waals surface area contributed by atoms with E-state index in [-0.39, 0.29) is 17.0 Å². The molecule has 21 heavy (non-hydrogen) atoms. The lowest BCUT2D eigenvalue weighted by molar-refractivity contribution is 0.0745. The van der Waals surface area contributed by atoms with Crippen LogP contribution >= 0.6 is 10.7 Å². The molecule has 1 aromatic rings. The van der Waals surface area contributed by atoms with Gasteiger partial charge in [0.25, 0.3) is 15.0 Å². The molecule has 1 aliphatic rings. The van der Waals surface area contributed by atoms with E-state index < -0.39 is 19.8 Å². The molecule has 0 N–H and O–H groups in total. The number of benzene rings is 1. The van der Waals surface area contributed by atoms with Crippen molar-refractivity contribution < 1.29 is 17.6 Å². The lowest BCUT2D eigenvalue weighted by Gasteiger charge is -2.30. The summed E-state index contributed by atoms with van der Waals surface area (Å²) in [6.07, 6.45) is 3.37. The average Bonchev–Trinajstić information content (AvgIpc) is 2.34. The predicted octanol–water partition coefficient (Wildman–Crippen LogP) is 2.93. The molecule has 1 fully saturated rings. The van der Waals surface area contributed by atoms with E-state index in [1.807, 2.05) is 0 Å². The molecule has 7 heteroatoms.